The molecule has 0 spiro atoms. The van der Waals surface area contributed by atoms with E-state index in [2.05, 4.69) is 15.3 Å². The Kier molecular flexibility index (Phi) is 4.44. The van der Waals surface area contributed by atoms with Crippen LogP contribution in [-0.2, 0) is 0 Å². The van der Waals surface area contributed by atoms with Crippen LogP contribution in [0.1, 0.15) is 21.6 Å². The maximum absolute atomic E-state index is 12.1. The third kappa shape index (κ3) is 3.73. The van der Waals surface area contributed by atoms with Crippen LogP contribution in [0.4, 0.5) is 5.95 Å². The molecule has 0 saturated heterocycles. The number of hydrogen-bond donors (Lipinski definition) is 2. The maximum atomic E-state index is 12.1. The summed E-state index contributed by atoms with van der Waals surface area (Å²) in [6.07, 6.45) is 0. The molecular formula is C14H14N4O2S. The summed E-state index contributed by atoms with van der Waals surface area (Å²) in [5.41, 5.74) is 7.37. The molecule has 1 amide bonds. The lowest BCUT2D eigenvalue weighted by Gasteiger charge is -2.07. The Balaban J connectivity index is 2.17. The molecule has 0 atom stereocenters. The Morgan fingerprint density at radius 3 is 2.43 bits per heavy atom. The van der Waals surface area contributed by atoms with Crippen molar-refractivity contribution in [2.45, 2.75) is 6.92 Å². The Bertz CT molecular complexity index is 686. The number of amides is 1. The van der Waals surface area contributed by atoms with Gasteiger partial charge in [0, 0.05) is 22.9 Å². The van der Waals surface area contributed by atoms with Crippen molar-refractivity contribution >= 4 is 29.1 Å². The van der Waals surface area contributed by atoms with Gasteiger partial charge >= 0.3 is 0 Å². The Morgan fingerprint density at radius 2 is 1.86 bits per heavy atom. The van der Waals surface area contributed by atoms with E-state index >= 15 is 0 Å². The molecule has 6 nitrogen and oxygen atoms in total. The summed E-state index contributed by atoms with van der Waals surface area (Å²) in [5.74, 6) is 0.258. The lowest BCUT2D eigenvalue weighted by molar-refractivity contribution is 0.102. The number of anilines is 1. The van der Waals surface area contributed by atoms with Crippen LogP contribution in [0.2, 0.25) is 0 Å². The van der Waals surface area contributed by atoms with Gasteiger partial charge in [-0.25, -0.2) is 4.98 Å². The molecule has 0 aliphatic heterocycles. The van der Waals surface area contributed by atoms with Gasteiger partial charge in [0.1, 0.15) is 4.99 Å². The maximum Gasteiger partial charge on any atom is 0.258 e. The fourth-order valence-corrected chi connectivity index (χ4v) is 1.80. The first kappa shape index (κ1) is 14.9. The number of benzene rings is 1. The zero-order valence-corrected chi connectivity index (χ0v) is 12.4. The summed E-state index contributed by atoms with van der Waals surface area (Å²) >= 11 is 4.86. The highest BCUT2D eigenvalue weighted by Gasteiger charge is 2.10. The molecule has 0 fully saturated rings. The highest BCUT2D eigenvalue weighted by atomic mass is 32.1. The van der Waals surface area contributed by atoms with Gasteiger partial charge in [-0.15, -0.1) is 0 Å². The molecule has 0 radical (unpaired) electrons. The minimum atomic E-state index is -0.322. The molecule has 0 aliphatic carbocycles. The van der Waals surface area contributed by atoms with E-state index in [9.17, 15) is 4.79 Å². The molecule has 0 unspecified atom stereocenters. The summed E-state index contributed by atoms with van der Waals surface area (Å²) in [5, 5.41) is 2.62. The predicted octanol–water partition coefficient (Wildman–Crippen LogP) is 1.68. The standard InChI is InChI=1S/C14H14N4O2S/c1-8-7-11(20-2)17-14(16-8)18-13(19)10-5-3-9(4-6-10)12(15)21/h3-7H,1-2H3,(H2,15,21)(H,16,17,18,19). The van der Waals surface area contributed by atoms with Gasteiger partial charge in [0.05, 0.1) is 7.11 Å². The van der Waals surface area contributed by atoms with Gasteiger partial charge in [-0.1, -0.05) is 24.4 Å². The summed E-state index contributed by atoms with van der Waals surface area (Å²) in [6, 6.07) is 8.32. The number of nitrogens with zero attached hydrogens (tertiary/aromatic N) is 2. The molecule has 1 aromatic heterocycles. The number of thiocarbonyl (C=S) groups is 1. The van der Waals surface area contributed by atoms with Crippen LogP contribution in [0, 0.1) is 6.92 Å². The lowest BCUT2D eigenvalue weighted by atomic mass is 10.1. The summed E-state index contributed by atoms with van der Waals surface area (Å²) in [4.78, 5) is 20.6. The van der Waals surface area contributed by atoms with Crippen molar-refractivity contribution in [1.29, 1.82) is 0 Å². The van der Waals surface area contributed by atoms with Crippen LogP contribution in [0.25, 0.3) is 0 Å². The number of carbonyl (C=O) groups is 1. The van der Waals surface area contributed by atoms with E-state index in [1.54, 1.807) is 37.3 Å². The molecule has 2 aromatic rings. The molecule has 0 saturated carbocycles. The minimum absolute atomic E-state index is 0.190. The van der Waals surface area contributed by atoms with Gasteiger partial charge in [-0.3, -0.25) is 10.1 Å². The summed E-state index contributed by atoms with van der Waals surface area (Å²) < 4.78 is 5.03. The Labute approximate surface area is 127 Å². The third-order valence-electron chi connectivity index (χ3n) is 2.70. The number of carbonyl (C=O) groups excluding carboxylic acids is 1. The number of aromatic nitrogens is 2. The van der Waals surface area contributed by atoms with Crippen molar-refractivity contribution in [2.75, 3.05) is 12.4 Å². The average Bonchev–Trinajstić information content (AvgIpc) is 2.46. The van der Waals surface area contributed by atoms with E-state index in [0.29, 0.717) is 22.7 Å². The Hall–Kier alpha value is -2.54. The molecule has 1 aromatic carbocycles. The average molecular weight is 302 g/mol. The highest BCUT2D eigenvalue weighted by molar-refractivity contribution is 7.80. The molecule has 0 aliphatic rings. The van der Waals surface area contributed by atoms with E-state index in [4.69, 9.17) is 22.7 Å². The highest BCUT2D eigenvalue weighted by Crippen LogP contribution is 2.12. The Morgan fingerprint density at radius 1 is 1.24 bits per heavy atom. The van der Waals surface area contributed by atoms with Crippen LogP contribution in [-0.4, -0.2) is 28.0 Å². The molecule has 1 heterocycles. The quantitative estimate of drug-likeness (QED) is 0.835. The summed E-state index contributed by atoms with van der Waals surface area (Å²) in [6.45, 7) is 1.79. The minimum Gasteiger partial charge on any atom is -0.481 e. The SMILES string of the molecule is COc1cc(C)nc(NC(=O)c2ccc(C(N)=S)cc2)n1. The van der Waals surface area contributed by atoms with Crippen molar-refractivity contribution in [2.24, 2.45) is 5.73 Å². The second-order valence-corrected chi connectivity index (χ2v) is 4.71. The lowest BCUT2D eigenvalue weighted by Crippen LogP contribution is -2.15. The van der Waals surface area contributed by atoms with Crippen LogP contribution in [0.15, 0.2) is 30.3 Å². The van der Waals surface area contributed by atoms with Gasteiger partial charge in [0.2, 0.25) is 11.8 Å². The van der Waals surface area contributed by atoms with Gasteiger partial charge in [0.25, 0.3) is 5.91 Å². The summed E-state index contributed by atoms with van der Waals surface area (Å²) in [7, 11) is 1.50. The topological polar surface area (TPSA) is 90.1 Å². The molecule has 21 heavy (non-hydrogen) atoms. The van der Waals surface area contributed by atoms with Crippen molar-refractivity contribution in [3.05, 3.63) is 47.2 Å². The van der Waals surface area contributed by atoms with E-state index in [0.717, 1.165) is 0 Å². The third-order valence-corrected chi connectivity index (χ3v) is 2.93. The number of nitrogens with one attached hydrogen (secondary N) is 1. The second-order valence-electron chi connectivity index (χ2n) is 4.27. The van der Waals surface area contributed by atoms with Gasteiger partial charge in [-0.2, -0.15) is 4.98 Å². The second kappa shape index (κ2) is 6.27. The zero-order chi connectivity index (χ0) is 15.4. The van der Waals surface area contributed by atoms with Crippen LogP contribution in [0.5, 0.6) is 5.88 Å². The molecule has 3 N–H and O–H groups in total. The van der Waals surface area contributed by atoms with Gasteiger partial charge in [-0.05, 0) is 19.1 Å². The van der Waals surface area contributed by atoms with Gasteiger partial charge < -0.3 is 10.5 Å². The van der Waals surface area contributed by atoms with Crippen molar-refractivity contribution in [1.82, 2.24) is 9.97 Å². The largest absolute Gasteiger partial charge is 0.481 e. The van der Waals surface area contributed by atoms with Gasteiger partial charge in [0.15, 0.2) is 0 Å². The number of rotatable bonds is 4. The monoisotopic (exact) mass is 302 g/mol. The van der Waals surface area contributed by atoms with Crippen molar-refractivity contribution < 1.29 is 9.53 Å². The number of methoxy groups -OCH3 is 1. The van der Waals surface area contributed by atoms with Crippen molar-refractivity contribution in [3.8, 4) is 5.88 Å². The fraction of sp³-hybridized carbons (Fsp3) is 0.143. The van der Waals surface area contributed by atoms with Crippen molar-refractivity contribution in [3.63, 3.8) is 0 Å². The molecule has 7 heteroatoms. The predicted molar refractivity (Wildman–Crippen MR) is 83.6 cm³/mol. The van der Waals surface area contributed by atoms with E-state index < -0.39 is 0 Å². The van der Waals surface area contributed by atoms with Crippen LogP contribution >= 0.6 is 12.2 Å². The molecule has 0 bridgehead atoms. The fourth-order valence-electron chi connectivity index (χ4n) is 1.66. The van der Waals surface area contributed by atoms with Crippen LogP contribution < -0.4 is 15.8 Å². The van der Waals surface area contributed by atoms with E-state index in [1.165, 1.54) is 7.11 Å². The first-order chi connectivity index (χ1) is 9.99. The number of ether oxygens (including phenoxy) is 1. The molecular weight excluding hydrogens is 288 g/mol. The van der Waals surface area contributed by atoms with E-state index in [1.807, 2.05) is 0 Å². The van der Waals surface area contributed by atoms with Crippen LogP contribution in [0.3, 0.4) is 0 Å². The molecule has 108 valence electrons. The number of aryl methyl sites for hydroxylation is 1. The smallest absolute Gasteiger partial charge is 0.258 e. The number of nitrogens with two attached hydrogens (primary N) is 1. The molecule has 2 rings (SSSR count). The zero-order valence-electron chi connectivity index (χ0n) is 11.6. The first-order valence-corrected chi connectivity index (χ1v) is 6.51. The first-order valence-electron chi connectivity index (χ1n) is 6.10. The normalized spacial score (nSPS) is 10.0. The van der Waals surface area contributed by atoms with E-state index in [-0.39, 0.29) is 16.8 Å². The number of hydrogen-bond acceptors (Lipinski definition) is 5.